The van der Waals surface area contributed by atoms with Gasteiger partial charge in [0.15, 0.2) is 0 Å². The third-order valence-electron chi connectivity index (χ3n) is 5.46. The van der Waals surface area contributed by atoms with Gasteiger partial charge in [0.25, 0.3) is 0 Å². The van der Waals surface area contributed by atoms with Gasteiger partial charge >= 0.3 is 0 Å². The molecule has 0 radical (unpaired) electrons. The number of halogens is 1. The maximum Gasteiger partial charge on any atom is 0.0602 e. The van der Waals surface area contributed by atoms with Crippen LogP contribution in [0.1, 0.15) is 49.8 Å². The van der Waals surface area contributed by atoms with Crippen LogP contribution in [0.25, 0.3) is 0 Å². The minimum atomic E-state index is -0.111. The highest BCUT2D eigenvalue weighted by Gasteiger charge is 2.42. The zero-order valence-corrected chi connectivity index (χ0v) is 15.3. The molecular formula is C21H27ClN2. The van der Waals surface area contributed by atoms with E-state index in [-0.39, 0.29) is 5.54 Å². The Morgan fingerprint density at radius 2 is 1.75 bits per heavy atom. The van der Waals surface area contributed by atoms with Crippen molar-refractivity contribution in [2.45, 2.75) is 50.2 Å². The lowest BCUT2D eigenvalue weighted by Crippen LogP contribution is -2.58. The summed E-state index contributed by atoms with van der Waals surface area (Å²) in [6.07, 6.45) is 4.74. The molecule has 2 N–H and O–H groups in total. The summed E-state index contributed by atoms with van der Waals surface area (Å²) in [5.41, 5.74) is 2.43. The van der Waals surface area contributed by atoms with Crippen LogP contribution >= 0.6 is 11.6 Å². The van der Waals surface area contributed by atoms with E-state index in [0.717, 1.165) is 17.9 Å². The van der Waals surface area contributed by atoms with Gasteiger partial charge in [0, 0.05) is 17.1 Å². The number of hydrogen-bond acceptors (Lipinski definition) is 2. The molecule has 2 aromatic carbocycles. The van der Waals surface area contributed by atoms with Gasteiger partial charge in [-0.05, 0) is 44.0 Å². The third-order valence-corrected chi connectivity index (χ3v) is 5.79. The molecule has 0 bridgehead atoms. The molecule has 128 valence electrons. The molecule has 1 saturated carbocycles. The van der Waals surface area contributed by atoms with Crippen molar-refractivity contribution in [2.24, 2.45) is 0 Å². The van der Waals surface area contributed by atoms with Gasteiger partial charge in [-0.3, -0.25) is 0 Å². The molecule has 24 heavy (non-hydrogen) atoms. The van der Waals surface area contributed by atoms with Crippen LogP contribution < -0.4 is 10.6 Å². The van der Waals surface area contributed by atoms with Gasteiger partial charge in [-0.2, -0.15) is 0 Å². The summed E-state index contributed by atoms with van der Waals surface area (Å²) in [6, 6.07) is 19.6. The van der Waals surface area contributed by atoms with Crippen molar-refractivity contribution in [1.29, 1.82) is 0 Å². The van der Waals surface area contributed by atoms with Gasteiger partial charge in [-0.15, -0.1) is 0 Å². The van der Waals surface area contributed by atoms with E-state index in [1.807, 2.05) is 12.1 Å². The van der Waals surface area contributed by atoms with E-state index < -0.39 is 0 Å². The molecule has 0 spiro atoms. The molecule has 0 aromatic heterocycles. The smallest absolute Gasteiger partial charge is 0.0602 e. The van der Waals surface area contributed by atoms with Crippen LogP contribution in [0.3, 0.4) is 0 Å². The van der Waals surface area contributed by atoms with Gasteiger partial charge in [-0.1, -0.05) is 73.0 Å². The van der Waals surface area contributed by atoms with Gasteiger partial charge in [0.1, 0.15) is 0 Å². The van der Waals surface area contributed by atoms with Crippen molar-refractivity contribution in [2.75, 3.05) is 7.05 Å². The van der Waals surface area contributed by atoms with Crippen molar-refractivity contribution in [1.82, 2.24) is 10.6 Å². The molecule has 2 aromatic rings. The van der Waals surface area contributed by atoms with Crippen LogP contribution in [0.5, 0.6) is 0 Å². The highest BCUT2D eigenvalue weighted by molar-refractivity contribution is 6.31. The van der Waals surface area contributed by atoms with Crippen molar-refractivity contribution in [3.8, 4) is 0 Å². The van der Waals surface area contributed by atoms with Gasteiger partial charge < -0.3 is 10.6 Å². The van der Waals surface area contributed by atoms with Crippen LogP contribution in [0.4, 0.5) is 0 Å². The van der Waals surface area contributed by atoms with Crippen molar-refractivity contribution in [3.05, 3.63) is 70.7 Å². The molecule has 3 heteroatoms. The summed E-state index contributed by atoms with van der Waals surface area (Å²) >= 11 is 6.58. The molecule has 0 saturated heterocycles. The average molecular weight is 343 g/mol. The Bertz CT molecular complexity index is 658. The highest BCUT2D eigenvalue weighted by Crippen LogP contribution is 2.41. The number of likely N-dealkylation sites (N-methyl/N-ethyl adjacent to an activating group) is 1. The number of rotatable bonds is 5. The second-order valence-electron chi connectivity index (χ2n) is 6.80. The van der Waals surface area contributed by atoms with Crippen LogP contribution in [0.15, 0.2) is 54.6 Å². The maximum absolute atomic E-state index is 6.58. The molecule has 1 fully saturated rings. The predicted molar refractivity (Wildman–Crippen MR) is 102 cm³/mol. The molecule has 3 rings (SSSR count). The van der Waals surface area contributed by atoms with Crippen LogP contribution in [-0.4, -0.2) is 13.1 Å². The highest BCUT2D eigenvalue weighted by atomic mass is 35.5. The Morgan fingerprint density at radius 1 is 1.04 bits per heavy atom. The third kappa shape index (κ3) is 3.37. The van der Waals surface area contributed by atoms with Crippen LogP contribution in [-0.2, 0) is 5.54 Å². The molecular weight excluding hydrogens is 316 g/mol. The van der Waals surface area contributed by atoms with E-state index in [0.29, 0.717) is 12.1 Å². The maximum atomic E-state index is 6.58. The molecule has 1 aliphatic rings. The van der Waals surface area contributed by atoms with E-state index in [2.05, 4.69) is 67.1 Å². The number of benzene rings is 2. The van der Waals surface area contributed by atoms with Crippen molar-refractivity contribution in [3.63, 3.8) is 0 Å². The first-order valence-corrected chi connectivity index (χ1v) is 9.30. The Kier molecular flexibility index (Phi) is 5.60. The molecule has 0 heterocycles. The summed E-state index contributed by atoms with van der Waals surface area (Å²) < 4.78 is 0. The number of nitrogens with one attached hydrogen (secondary N) is 2. The Hall–Kier alpha value is -1.35. The van der Waals surface area contributed by atoms with E-state index in [4.69, 9.17) is 11.6 Å². The Balaban J connectivity index is 1.91. The fraction of sp³-hybridized carbons (Fsp3) is 0.429. The lowest BCUT2D eigenvalue weighted by atomic mass is 9.72. The molecule has 3 atom stereocenters. The SMILES string of the molecule is CN[C@@]1(c2ccccc2Cl)CCCC[C@H]1NC(C)c1ccccc1. The quantitative estimate of drug-likeness (QED) is 0.794. The first-order valence-electron chi connectivity index (χ1n) is 8.92. The van der Waals surface area contributed by atoms with Gasteiger partial charge in [-0.25, -0.2) is 0 Å². The fourth-order valence-corrected chi connectivity index (χ4v) is 4.42. The number of hydrogen-bond donors (Lipinski definition) is 2. The summed E-state index contributed by atoms with van der Waals surface area (Å²) in [7, 11) is 2.07. The second kappa shape index (κ2) is 7.69. The summed E-state index contributed by atoms with van der Waals surface area (Å²) in [5, 5.41) is 8.37. The van der Waals surface area contributed by atoms with Crippen LogP contribution in [0, 0.1) is 0 Å². The monoisotopic (exact) mass is 342 g/mol. The predicted octanol–water partition coefficient (Wildman–Crippen LogP) is 5.05. The topological polar surface area (TPSA) is 24.1 Å². The first kappa shape index (κ1) is 17.5. The summed E-state index contributed by atoms with van der Waals surface area (Å²) in [5.74, 6) is 0. The first-order chi connectivity index (χ1) is 11.7. The standard InChI is InChI=1S/C21H27ClN2/c1-16(17-10-4-3-5-11-17)24-20-14-8-9-15-21(20,23-2)18-12-6-7-13-19(18)22/h3-7,10-13,16,20,23-24H,8-9,14-15H2,1-2H3/t16?,20-,21-/m1/s1. The lowest BCUT2D eigenvalue weighted by molar-refractivity contribution is 0.168. The van der Waals surface area contributed by atoms with Gasteiger partial charge in [0.05, 0.1) is 5.54 Å². The molecule has 0 aliphatic heterocycles. The lowest BCUT2D eigenvalue weighted by Gasteiger charge is -2.46. The Labute approximate surface area is 150 Å². The normalized spacial score (nSPS) is 25.4. The largest absolute Gasteiger partial charge is 0.309 e. The second-order valence-corrected chi connectivity index (χ2v) is 7.21. The molecule has 2 nitrogen and oxygen atoms in total. The minimum absolute atomic E-state index is 0.111. The van der Waals surface area contributed by atoms with Crippen molar-refractivity contribution >= 4 is 11.6 Å². The zero-order valence-electron chi connectivity index (χ0n) is 14.6. The molecule has 0 amide bonds. The van der Waals surface area contributed by atoms with Crippen LogP contribution in [0.2, 0.25) is 5.02 Å². The Morgan fingerprint density at radius 3 is 2.46 bits per heavy atom. The summed E-state index contributed by atoms with van der Waals surface area (Å²) in [4.78, 5) is 0. The fourth-order valence-electron chi connectivity index (χ4n) is 4.12. The van der Waals surface area contributed by atoms with E-state index in [1.165, 1.54) is 24.0 Å². The van der Waals surface area contributed by atoms with E-state index in [9.17, 15) is 0 Å². The summed E-state index contributed by atoms with van der Waals surface area (Å²) in [6.45, 7) is 2.25. The average Bonchev–Trinajstić information content (AvgIpc) is 2.63. The van der Waals surface area contributed by atoms with E-state index >= 15 is 0 Å². The van der Waals surface area contributed by atoms with Crippen molar-refractivity contribution < 1.29 is 0 Å². The molecule has 1 unspecified atom stereocenters. The van der Waals surface area contributed by atoms with E-state index in [1.54, 1.807) is 0 Å². The molecule has 1 aliphatic carbocycles. The van der Waals surface area contributed by atoms with Gasteiger partial charge in [0.2, 0.25) is 0 Å². The zero-order chi connectivity index (χ0) is 17.0. The minimum Gasteiger partial charge on any atom is -0.309 e.